The molecule has 15 heavy (non-hydrogen) atoms. The highest BCUT2D eigenvalue weighted by Gasteiger charge is 2.08. The van der Waals surface area contributed by atoms with Crippen LogP contribution in [0.2, 0.25) is 0 Å². The van der Waals surface area contributed by atoms with Crippen LogP contribution < -0.4 is 0 Å². The first-order valence-corrected chi connectivity index (χ1v) is 6.07. The first kappa shape index (κ1) is 10.4. The SMILES string of the molecule is CCc1cc(-n2cc(C)nn2)sc1CC. The Kier molecular flexibility index (Phi) is 2.86. The summed E-state index contributed by atoms with van der Waals surface area (Å²) in [5, 5.41) is 9.26. The van der Waals surface area contributed by atoms with Gasteiger partial charge in [-0.25, -0.2) is 4.68 Å². The quantitative estimate of drug-likeness (QED) is 0.798. The molecule has 4 heteroatoms. The van der Waals surface area contributed by atoms with E-state index in [9.17, 15) is 0 Å². The summed E-state index contributed by atoms with van der Waals surface area (Å²) in [4.78, 5) is 1.46. The van der Waals surface area contributed by atoms with Crippen molar-refractivity contribution in [2.24, 2.45) is 0 Å². The fraction of sp³-hybridized carbons (Fsp3) is 0.455. The lowest BCUT2D eigenvalue weighted by Gasteiger charge is -1.92. The predicted octanol–water partition coefficient (Wildman–Crippen LogP) is 2.76. The summed E-state index contributed by atoms with van der Waals surface area (Å²) in [6.07, 6.45) is 4.15. The summed E-state index contributed by atoms with van der Waals surface area (Å²) in [5.41, 5.74) is 2.39. The molecule has 0 aromatic carbocycles. The summed E-state index contributed by atoms with van der Waals surface area (Å²) >= 11 is 1.81. The Balaban J connectivity index is 2.41. The molecule has 0 fully saturated rings. The number of aryl methyl sites for hydroxylation is 3. The smallest absolute Gasteiger partial charge is 0.119 e. The number of nitrogens with zero attached hydrogens (tertiary/aromatic N) is 3. The molecule has 0 aliphatic heterocycles. The van der Waals surface area contributed by atoms with Gasteiger partial charge in [-0.15, -0.1) is 16.4 Å². The van der Waals surface area contributed by atoms with Crippen molar-refractivity contribution in [1.82, 2.24) is 15.0 Å². The van der Waals surface area contributed by atoms with E-state index >= 15 is 0 Å². The minimum atomic E-state index is 0.958. The molecule has 0 saturated carbocycles. The van der Waals surface area contributed by atoms with Crippen LogP contribution in [0.15, 0.2) is 12.3 Å². The van der Waals surface area contributed by atoms with Gasteiger partial charge in [0.2, 0.25) is 0 Å². The maximum absolute atomic E-state index is 4.09. The number of aromatic nitrogens is 3. The molecule has 80 valence electrons. The van der Waals surface area contributed by atoms with Crippen molar-refractivity contribution in [3.05, 3.63) is 28.4 Å². The van der Waals surface area contributed by atoms with Gasteiger partial charge in [0.25, 0.3) is 0 Å². The largest absolute Gasteiger partial charge is 0.210 e. The van der Waals surface area contributed by atoms with Crippen molar-refractivity contribution < 1.29 is 0 Å². The Morgan fingerprint density at radius 1 is 1.33 bits per heavy atom. The number of rotatable bonds is 3. The highest BCUT2D eigenvalue weighted by atomic mass is 32.1. The summed E-state index contributed by atoms with van der Waals surface area (Å²) < 4.78 is 1.86. The molecule has 2 heterocycles. The molecule has 0 unspecified atom stereocenters. The van der Waals surface area contributed by atoms with Crippen LogP contribution in [-0.4, -0.2) is 15.0 Å². The minimum Gasteiger partial charge on any atom is -0.210 e. The molecule has 2 aromatic rings. The maximum atomic E-state index is 4.09. The molecule has 0 spiro atoms. The summed E-state index contributed by atoms with van der Waals surface area (Å²) in [7, 11) is 0. The molecule has 3 nitrogen and oxygen atoms in total. The van der Waals surface area contributed by atoms with Crippen molar-refractivity contribution in [3.63, 3.8) is 0 Å². The third kappa shape index (κ3) is 1.95. The van der Waals surface area contributed by atoms with Crippen LogP contribution in [-0.2, 0) is 12.8 Å². The highest BCUT2D eigenvalue weighted by molar-refractivity contribution is 7.14. The van der Waals surface area contributed by atoms with Crippen LogP contribution in [0.5, 0.6) is 0 Å². The van der Waals surface area contributed by atoms with Crippen molar-refractivity contribution in [2.45, 2.75) is 33.6 Å². The summed E-state index contributed by atoms with van der Waals surface area (Å²) in [6, 6.07) is 2.22. The minimum absolute atomic E-state index is 0.958. The molecule has 0 amide bonds. The number of thiophene rings is 1. The Morgan fingerprint density at radius 2 is 2.13 bits per heavy atom. The Labute approximate surface area is 93.7 Å². The van der Waals surface area contributed by atoms with Crippen LogP contribution >= 0.6 is 11.3 Å². The molecule has 0 saturated heterocycles. The van der Waals surface area contributed by atoms with Gasteiger partial charge in [0.1, 0.15) is 5.00 Å². The molecule has 0 aliphatic rings. The Morgan fingerprint density at radius 3 is 2.60 bits per heavy atom. The molecule has 2 aromatic heterocycles. The van der Waals surface area contributed by atoms with Crippen molar-refractivity contribution in [1.29, 1.82) is 0 Å². The number of hydrogen-bond donors (Lipinski definition) is 0. The van der Waals surface area contributed by atoms with E-state index in [1.54, 1.807) is 0 Å². The second-order valence-corrected chi connectivity index (χ2v) is 4.66. The summed E-state index contributed by atoms with van der Waals surface area (Å²) in [5.74, 6) is 0. The van der Waals surface area contributed by atoms with E-state index in [2.05, 4.69) is 30.2 Å². The Bertz CT molecular complexity index is 435. The lowest BCUT2D eigenvalue weighted by atomic mass is 10.2. The average Bonchev–Trinajstić information content (AvgIpc) is 2.82. The molecule has 0 atom stereocenters. The van der Waals surface area contributed by atoms with Crippen LogP contribution in [0.4, 0.5) is 0 Å². The normalized spacial score (nSPS) is 10.9. The van der Waals surface area contributed by atoms with E-state index in [1.165, 1.54) is 15.4 Å². The molecule has 0 radical (unpaired) electrons. The third-order valence-corrected chi connectivity index (χ3v) is 3.73. The van der Waals surface area contributed by atoms with E-state index in [0.29, 0.717) is 0 Å². The lowest BCUT2D eigenvalue weighted by molar-refractivity contribution is 0.811. The zero-order chi connectivity index (χ0) is 10.8. The fourth-order valence-corrected chi connectivity index (χ4v) is 2.73. The molecular weight excluding hydrogens is 206 g/mol. The van der Waals surface area contributed by atoms with E-state index in [4.69, 9.17) is 0 Å². The standard InChI is InChI=1S/C11H15N3S/c1-4-9-6-11(15-10(9)5-2)14-7-8(3)12-13-14/h6-7H,4-5H2,1-3H3. The van der Waals surface area contributed by atoms with Gasteiger partial charge in [-0.2, -0.15) is 0 Å². The Hall–Kier alpha value is -1.16. The monoisotopic (exact) mass is 221 g/mol. The van der Waals surface area contributed by atoms with Crippen LogP contribution in [0.3, 0.4) is 0 Å². The van der Waals surface area contributed by atoms with Crippen LogP contribution in [0.1, 0.15) is 30.0 Å². The van der Waals surface area contributed by atoms with Gasteiger partial charge in [-0.05, 0) is 31.4 Å². The molecule has 0 bridgehead atoms. The zero-order valence-electron chi connectivity index (χ0n) is 9.32. The van der Waals surface area contributed by atoms with Gasteiger partial charge in [-0.1, -0.05) is 19.1 Å². The molecule has 2 rings (SSSR count). The number of hydrogen-bond acceptors (Lipinski definition) is 3. The zero-order valence-corrected chi connectivity index (χ0v) is 10.1. The maximum Gasteiger partial charge on any atom is 0.119 e. The van der Waals surface area contributed by atoms with Crippen molar-refractivity contribution >= 4 is 11.3 Å². The first-order chi connectivity index (χ1) is 7.24. The molecular formula is C11H15N3S. The van der Waals surface area contributed by atoms with Crippen molar-refractivity contribution in [3.8, 4) is 5.00 Å². The van der Waals surface area contributed by atoms with Gasteiger partial charge >= 0.3 is 0 Å². The first-order valence-electron chi connectivity index (χ1n) is 5.25. The average molecular weight is 221 g/mol. The van der Waals surface area contributed by atoms with Crippen LogP contribution in [0, 0.1) is 6.92 Å². The van der Waals surface area contributed by atoms with Crippen molar-refractivity contribution in [2.75, 3.05) is 0 Å². The van der Waals surface area contributed by atoms with Gasteiger partial charge in [0.15, 0.2) is 0 Å². The van der Waals surface area contributed by atoms with Gasteiger partial charge in [0.05, 0.1) is 11.9 Å². The third-order valence-electron chi connectivity index (χ3n) is 2.42. The lowest BCUT2D eigenvalue weighted by Crippen LogP contribution is -1.90. The van der Waals surface area contributed by atoms with E-state index in [1.807, 2.05) is 29.1 Å². The van der Waals surface area contributed by atoms with E-state index < -0.39 is 0 Å². The van der Waals surface area contributed by atoms with Crippen LogP contribution in [0.25, 0.3) is 5.00 Å². The van der Waals surface area contributed by atoms with E-state index in [-0.39, 0.29) is 0 Å². The second kappa shape index (κ2) is 4.14. The molecule has 0 aliphatic carbocycles. The molecule has 0 N–H and O–H groups in total. The van der Waals surface area contributed by atoms with Gasteiger partial charge in [0, 0.05) is 4.88 Å². The highest BCUT2D eigenvalue weighted by Crippen LogP contribution is 2.26. The fourth-order valence-electron chi connectivity index (χ4n) is 1.62. The predicted molar refractivity (Wildman–Crippen MR) is 62.7 cm³/mol. The van der Waals surface area contributed by atoms with Gasteiger partial charge < -0.3 is 0 Å². The topological polar surface area (TPSA) is 30.7 Å². The van der Waals surface area contributed by atoms with Gasteiger partial charge in [-0.3, -0.25) is 0 Å². The second-order valence-electron chi connectivity index (χ2n) is 3.54. The summed E-state index contributed by atoms with van der Waals surface area (Å²) in [6.45, 7) is 6.34. The van der Waals surface area contributed by atoms with E-state index in [0.717, 1.165) is 18.5 Å².